The van der Waals surface area contributed by atoms with E-state index in [0.29, 0.717) is 12.3 Å². The summed E-state index contributed by atoms with van der Waals surface area (Å²) in [6.07, 6.45) is 9.35. The zero-order valence-electron chi connectivity index (χ0n) is 15.0. The van der Waals surface area contributed by atoms with Crippen LogP contribution < -0.4 is 19.7 Å². The highest BCUT2D eigenvalue weighted by atomic mass is 16.7. The van der Waals surface area contributed by atoms with E-state index in [-0.39, 0.29) is 18.7 Å². The molecule has 0 spiro atoms. The van der Waals surface area contributed by atoms with Gasteiger partial charge < -0.3 is 19.7 Å². The largest absolute Gasteiger partial charge is 0.454 e. The highest BCUT2D eigenvalue weighted by Crippen LogP contribution is 2.32. The first kappa shape index (κ1) is 16.5. The molecule has 1 saturated heterocycles. The van der Waals surface area contributed by atoms with Gasteiger partial charge in [-0.1, -0.05) is 6.07 Å². The first-order chi connectivity index (χ1) is 13.8. The number of carbonyl (C=O) groups is 1. The van der Waals surface area contributed by atoms with Crippen molar-refractivity contribution in [3.8, 4) is 11.5 Å². The molecule has 1 aromatic carbocycles. The summed E-state index contributed by atoms with van der Waals surface area (Å²) in [5, 5.41) is 11.1. The Morgan fingerprint density at radius 1 is 1.29 bits per heavy atom. The lowest BCUT2D eigenvalue weighted by Crippen LogP contribution is -2.36. The van der Waals surface area contributed by atoms with Crippen LogP contribution in [0.5, 0.6) is 11.5 Å². The summed E-state index contributed by atoms with van der Waals surface area (Å²) in [5.74, 6) is 2.08. The molecule has 5 rings (SSSR count). The van der Waals surface area contributed by atoms with Gasteiger partial charge in [-0.25, -0.2) is 4.98 Å². The fourth-order valence-electron chi connectivity index (χ4n) is 3.48. The number of benzene rings is 1. The van der Waals surface area contributed by atoms with Crippen LogP contribution in [0.1, 0.15) is 12.0 Å². The summed E-state index contributed by atoms with van der Waals surface area (Å²) in [5.41, 5.74) is 1.60. The summed E-state index contributed by atoms with van der Waals surface area (Å²) in [4.78, 5) is 18.9. The number of nitrogens with one attached hydrogen (secondary N) is 1. The third-order valence-corrected chi connectivity index (χ3v) is 4.86. The molecule has 1 fully saturated rings. The first-order valence-electron chi connectivity index (χ1n) is 9.04. The molecule has 9 heteroatoms. The average molecular weight is 378 g/mol. The van der Waals surface area contributed by atoms with Crippen LogP contribution in [0.3, 0.4) is 0 Å². The maximum Gasteiger partial charge on any atom is 0.244 e. The maximum atomic E-state index is 12.3. The van der Waals surface area contributed by atoms with Crippen molar-refractivity contribution in [1.29, 1.82) is 0 Å². The molecule has 2 aliphatic heterocycles. The van der Waals surface area contributed by atoms with E-state index in [9.17, 15) is 4.79 Å². The molecule has 3 aromatic rings. The predicted octanol–water partition coefficient (Wildman–Crippen LogP) is 1.26. The van der Waals surface area contributed by atoms with Crippen LogP contribution in [0.15, 0.2) is 43.0 Å². The van der Waals surface area contributed by atoms with E-state index in [1.54, 1.807) is 18.6 Å². The number of nitrogens with zero attached hydrogens (tertiary/aromatic N) is 5. The Morgan fingerprint density at radius 3 is 3.18 bits per heavy atom. The molecule has 0 bridgehead atoms. The van der Waals surface area contributed by atoms with Crippen LogP contribution in [0.25, 0.3) is 11.7 Å². The summed E-state index contributed by atoms with van der Waals surface area (Å²) >= 11 is 0. The Morgan fingerprint density at radius 2 is 2.21 bits per heavy atom. The lowest BCUT2D eigenvalue weighted by atomic mass is 10.2. The molecule has 2 aliphatic rings. The van der Waals surface area contributed by atoms with Crippen molar-refractivity contribution in [2.45, 2.75) is 12.5 Å². The Kier molecular flexibility index (Phi) is 4.04. The second kappa shape index (κ2) is 6.84. The van der Waals surface area contributed by atoms with Crippen LogP contribution in [0, 0.1) is 0 Å². The minimum absolute atomic E-state index is 0.0545. The monoisotopic (exact) mass is 378 g/mol. The molecule has 28 heavy (non-hydrogen) atoms. The van der Waals surface area contributed by atoms with Crippen molar-refractivity contribution in [1.82, 2.24) is 24.9 Å². The number of rotatable bonds is 4. The second-order valence-corrected chi connectivity index (χ2v) is 6.70. The molecule has 1 atom stereocenters. The molecular weight excluding hydrogens is 360 g/mol. The lowest BCUT2D eigenvalue weighted by Gasteiger charge is -2.17. The van der Waals surface area contributed by atoms with Gasteiger partial charge in [0.25, 0.3) is 0 Å². The van der Waals surface area contributed by atoms with Gasteiger partial charge in [0.15, 0.2) is 17.3 Å². The van der Waals surface area contributed by atoms with Crippen LogP contribution in [0.2, 0.25) is 0 Å². The van der Waals surface area contributed by atoms with Crippen molar-refractivity contribution in [2.75, 3.05) is 24.8 Å². The maximum absolute atomic E-state index is 12.3. The van der Waals surface area contributed by atoms with Gasteiger partial charge in [-0.15, -0.1) is 10.2 Å². The molecule has 4 heterocycles. The molecule has 0 unspecified atom stereocenters. The van der Waals surface area contributed by atoms with Crippen molar-refractivity contribution in [3.63, 3.8) is 0 Å². The van der Waals surface area contributed by atoms with E-state index in [0.717, 1.165) is 35.7 Å². The van der Waals surface area contributed by atoms with E-state index < -0.39 is 0 Å². The van der Waals surface area contributed by atoms with E-state index in [2.05, 4.69) is 25.4 Å². The van der Waals surface area contributed by atoms with Crippen LogP contribution in [0.4, 0.5) is 5.82 Å². The standard InChI is InChI=1S/C19H18N6O3/c26-17(4-2-13-1-3-15-16(9-13)28-12-27-15)22-14-5-7-24(10-14)18-19-23-21-11-25(19)8-6-20-18/h1-4,6,8-9,11,14H,5,7,10,12H2,(H,22,26)/b4-2+/t14-/m1/s1. The number of ether oxygens (including phenoxy) is 2. The fraction of sp³-hybridized carbons (Fsp3) is 0.263. The zero-order chi connectivity index (χ0) is 18.9. The van der Waals surface area contributed by atoms with Crippen LogP contribution >= 0.6 is 0 Å². The van der Waals surface area contributed by atoms with E-state index in [1.165, 1.54) is 6.08 Å². The number of carbonyl (C=O) groups excluding carboxylic acids is 1. The number of aromatic nitrogens is 4. The third kappa shape index (κ3) is 3.11. The van der Waals surface area contributed by atoms with E-state index in [4.69, 9.17) is 9.47 Å². The van der Waals surface area contributed by atoms with Gasteiger partial charge in [-0.2, -0.15) is 0 Å². The number of hydrogen-bond acceptors (Lipinski definition) is 7. The zero-order valence-corrected chi connectivity index (χ0v) is 15.0. The highest BCUT2D eigenvalue weighted by Gasteiger charge is 2.26. The summed E-state index contributed by atoms with van der Waals surface area (Å²) in [6, 6.07) is 5.64. The lowest BCUT2D eigenvalue weighted by molar-refractivity contribution is -0.117. The average Bonchev–Trinajstić information content (AvgIpc) is 3.45. The smallest absolute Gasteiger partial charge is 0.244 e. The van der Waals surface area contributed by atoms with Crippen molar-refractivity contribution < 1.29 is 14.3 Å². The Hall–Kier alpha value is -3.62. The molecule has 2 aromatic heterocycles. The van der Waals surface area contributed by atoms with Gasteiger partial charge >= 0.3 is 0 Å². The quantitative estimate of drug-likeness (QED) is 0.683. The Labute approximate surface area is 160 Å². The van der Waals surface area contributed by atoms with Gasteiger partial charge in [0.2, 0.25) is 18.3 Å². The van der Waals surface area contributed by atoms with Gasteiger partial charge in [-0.3, -0.25) is 9.20 Å². The molecular formula is C19H18N6O3. The number of fused-ring (bicyclic) bond motifs is 2. The SMILES string of the molecule is O=C(/C=C/c1ccc2c(c1)OCO2)N[C@@H]1CCN(c2nccn3cnnc23)C1. The Bertz CT molecular complexity index is 1060. The number of anilines is 1. The van der Waals surface area contributed by atoms with Gasteiger partial charge in [-0.05, 0) is 30.2 Å². The van der Waals surface area contributed by atoms with Crippen molar-refractivity contribution in [2.24, 2.45) is 0 Å². The minimum atomic E-state index is -0.127. The van der Waals surface area contributed by atoms with E-state index in [1.807, 2.05) is 28.8 Å². The summed E-state index contributed by atoms with van der Waals surface area (Å²) in [6.45, 7) is 1.72. The predicted molar refractivity (Wildman–Crippen MR) is 101 cm³/mol. The molecule has 9 nitrogen and oxygen atoms in total. The molecule has 1 amide bonds. The first-order valence-corrected chi connectivity index (χ1v) is 9.04. The highest BCUT2D eigenvalue weighted by molar-refractivity contribution is 5.92. The third-order valence-electron chi connectivity index (χ3n) is 4.86. The second-order valence-electron chi connectivity index (χ2n) is 6.70. The van der Waals surface area contributed by atoms with Gasteiger partial charge in [0, 0.05) is 37.6 Å². The number of hydrogen-bond donors (Lipinski definition) is 1. The normalized spacial score (nSPS) is 18.3. The number of amides is 1. The molecule has 0 saturated carbocycles. The fourth-order valence-corrected chi connectivity index (χ4v) is 3.48. The van der Waals surface area contributed by atoms with Crippen LogP contribution in [-0.2, 0) is 4.79 Å². The van der Waals surface area contributed by atoms with Crippen molar-refractivity contribution in [3.05, 3.63) is 48.6 Å². The molecule has 0 aliphatic carbocycles. The molecule has 142 valence electrons. The van der Waals surface area contributed by atoms with E-state index >= 15 is 0 Å². The molecule has 0 radical (unpaired) electrons. The Balaban J connectivity index is 1.21. The van der Waals surface area contributed by atoms with Gasteiger partial charge in [0.05, 0.1) is 0 Å². The van der Waals surface area contributed by atoms with Crippen molar-refractivity contribution >= 4 is 23.4 Å². The molecule has 1 N–H and O–H groups in total. The summed E-state index contributed by atoms with van der Waals surface area (Å²) < 4.78 is 12.5. The topological polar surface area (TPSA) is 93.9 Å². The minimum Gasteiger partial charge on any atom is -0.454 e. The van der Waals surface area contributed by atoms with Gasteiger partial charge in [0.1, 0.15) is 6.33 Å². The van der Waals surface area contributed by atoms with Crippen LogP contribution in [-0.4, -0.2) is 51.4 Å². The summed E-state index contributed by atoms with van der Waals surface area (Å²) in [7, 11) is 0.